The summed E-state index contributed by atoms with van der Waals surface area (Å²) in [6.07, 6.45) is 3.31. The lowest BCUT2D eigenvalue weighted by molar-refractivity contribution is 0.105. The normalized spacial score (nSPS) is 14.7. The van der Waals surface area contributed by atoms with E-state index in [1.807, 2.05) is 12.1 Å². The molecule has 0 bridgehead atoms. The minimum absolute atomic E-state index is 0.261. The van der Waals surface area contributed by atoms with Gasteiger partial charge in [0.1, 0.15) is 12.1 Å². The van der Waals surface area contributed by atoms with Gasteiger partial charge in [-0.05, 0) is 49.6 Å². The highest BCUT2D eigenvalue weighted by atomic mass is 35.5. The number of aromatic nitrogens is 4. The van der Waals surface area contributed by atoms with Crippen LogP contribution in [-0.2, 0) is 11.3 Å². The summed E-state index contributed by atoms with van der Waals surface area (Å²) in [5, 5.41) is 15.2. The number of ether oxygens (including phenoxy) is 1. The van der Waals surface area contributed by atoms with Crippen molar-refractivity contribution in [1.82, 2.24) is 24.2 Å². The SMILES string of the molecule is CCOC(=O)N1CCN(c2ccc(-n3cnn(CCCC(O)c4ccc(Cl)cc4)c3=O)cn2)CC1. The third-order valence-electron chi connectivity index (χ3n) is 5.98. The summed E-state index contributed by atoms with van der Waals surface area (Å²) in [6.45, 7) is 5.01. The second-order valence-corrected chi connectivity index (χ2v) is 8.70. The fourth-order valence-corrected chi connectivity index (χ4v) is 4.12. The quantitative estimate of drug-likeness (QED) is 0.507. The third kappa shape index (κ3) is 6.01. The van der Waals surface area contributed by atoms with Gasteiger partial charge in [-0.15, -0.1) is 0 Å². The number of aliphatic hydroxyl groups excluding tert-OH is 1. The number of benzene rings is 1. The number of hydrogen-bond donors (Lipinski definition) is 1. The average molecular weight is 501 g/mol. The first-order valence-electron chi connectivity index (χ1n) is 11.7. The predicted octanol–water partition coefficient (Wildman–Crippen LogP) is 2.87. The zero-order chi connectivity index (χ0) is 24.8. The molecule has 10 nitrogen and oxygen atoms in total. The van der Waals surface area contributed by atoms with Crippen LogP contribution in [0.4, 0.5) is 10.6 Å². The first-order chi connectivity index (χ1) is 17.0. The van der Waals surface area contributed by atoms with Gasteiger partial charge in [0.05, 0.1) is 24.6 Å². The summed E-state index contributed by atoms with van der Waals surface area (Å²) >= 11 is 5.89. The highest BCUT2D eigenvalue weighted by Gasteiger charge is 2.22. The fraction of sp³-hybridized carbons (Fsp3) is 0.417. The van der Waals surface area contributed by atoms with Crippen molar-refractivity contribution in [3.63, 3.8) is 0 Å². The van der Waals surface area contributed by atoms with Crippen LogP contribution in [-0.4, -0.2) is 68.2 Å². The van der Waals surface area contributed by atoms with E-state index in [-0.39, 0.29) is 11.8 Å². The van der Waals surface area contributed by atoms with Crippen LogP contribution in [0.3, 0.4) is 0 Å². The summed E-state index contributed by atoms with van der Waals surface area (Å²) in [5.74, 6) is 0.786. The van der Waals surface area contributed by atoms with E-state index in [9.17, 15) is 14.7 Å². The van der Waals surface area contributed by atoms with E-state index in [0.29, 0.717) is 62.9 Å². The van der Waals surface area contributed by atoms with Crippen molar-refractivity contribution in [1.29, 1.82) is 0 Å². The smallest absolute Gasteiger partial charge is 0.409 e. The molecule has 0 spiro atoms. The highest BCUT2D eigenvalue weighted by molar-refractivity contribution is 6.30. The zero-order valence-electron chi connectivity index (χ0n) is 19.6. The Morgan fingerprint density at radius 1 is 1.14 bits per heavy atom. The lowest BCUT2D eigenvalue weighted by atomic mass is 10.1. The van der Waals surface area contributed by atoms with Crippen molar-refractivity contribution >= 4 is 23.5 Å². The van der Waals surface area contributed by atoms with Gasteiger partial charge in [-0.25, -0.2) is 23.8 Å². The molecular formula is C24H29ClN6O4. The van der Waals surface area contributed by atoms with E-state index in [0.717, 1.165) is 11.4 Å². The summed E-state index contributed by atoms with van der Waals surface area (Å²) < 4.78 is 7.89. The van der Waals surface area contributed by atoms with Crippen molar-refractivity contribution in [2.24, 2.45) is 0 Å². The molecule has 0 saturated carbocycles. The maximum absolute atomic E-state index is 12.8. The first kappa shape index (κ1) is 24.7. The molecule has 11 heteroatoms. The van der Waals surface area contributed by atoms with Crippen molar-refractivity contribution in [3.8, 4) is 5.69 Å². The molecule has 1 aliphatic heterocycles. The monoisotopic (exact) mass is 500 g/mol. The number of anilines is 1. The van der Waals surface area contributed by atoms with Gasteiger partial charge < -0.3 is 19.6 Å². The fourth-order valence-electron chi connectivity index (χ4n) is 3.99. The van der Waals surface area contributed by atoms with Gasteiger partial charge in [-0.1, -0.05) is 23.7 Å². The van der Waals surface area contributed by atoms with Gasteiger partial charge in [0.2, 0.25) is 0 Å². The second-order valence-electron chi connectivity index (χ2n) is 8.26. The minimum Gasteiger partial charge on any atom is -0.450 e. The first-order valence-corrected chi connectivity index (χ1v) is 12.0. The van der Waals surface area contributed by atoms with Crippen LogP contribution in [0.15, 0.2) is 53.7 Å². The second kappa shape index (κ2) is 11.4. The number of carbonyl (C=O) groups excluding carboxylic acids is 1. The molecular weight excluding hydrogens is 472 g/mol. The molecule has 1 fully saturated rings. The van der Waals surface area contributed by atoms with Gasteiger partial charge in [0, 0.05) is 37.7 Å². The molecule has 3 aromatic rings. The molecule has 2 aromatic heterocycles. The van der Waals surface area contributed by atoms with Crippen LogP contribution in [0.2, 0.25) is 5.02 Å². The number of rotatable bonds is 8. The Hall–Kier alpha value is -3.37. The molecule has 186 valence electrons. The average Bonchev–Trinajstić information content (AvgIpc) is 3.25. The standard InChI is InChI=1S/C24H29ClN6O4/c1-2-35-24(34)29-14-12-28(13-15-29)22-10-9-20(16-26-22)30-17-27-31(23(30)33)11-3-4-21(32)18-5-7-19(25)8-6-18/h5-10,16-17,21,32H,2-4,11-15H2,1H3. The zero-order valence-corrected chi connectivity index (χ0v) is 20.3. The molecule has 1 N–H and O–H groups in total. The Labute approximate surface area is 208 Å². The van der Waals surface area contributed by atoms with Crippen LogP contribution in [0, 0.1) is 0 Å². The number of hydrogen-bond acceptors (Lipinski definition) is 7. The maximum Gasteiger partial charge on any atom is 0.409 e. The number of pyridine rings is 1. The van der Waals surface area contributed by atoms with Crippen LogP contribution >= 0.6 is 11.6 Å². The highest BCUT2D eigenvalue weighted by Crippen LogP contribution is 2.20. The number of halogens is 1. The van der Waals surface area contributed by atoms with E-state index in [1.54, 1.807) is 42.3 Å². The van der Waals surface area contributed by atoms with Gasteiger partial charge in [0.15, 0.2) is 0 Å². The molecule has 1 saturated heterocycles. The van der Waals surface area contributed by atoms with Gasteiger partial charge >= 0.3 is 11.8 Å². The van der Waals surface area contributed by atoms with Crippen LogP contribution < -0.4 is 10.6 Å². The summed E-state index contributed by atoms with van der Waals surface area (Å²) in [4.78, 5) is 33.0. The maximum atomic E-state index is 12.8. The molecule has 1 atom stereocenters. The number of aliphatic hydroxyl groups is 1. The molecule has 1 unspecified atom stereocenters. The lowest BCUT2D eigenvalue weighted by Gasteiger charge is -2.34. The van der Waals surface area contributed by atoms with E-state index in [4.69, 9.17) is 16.3 Å². The van der Waals surface area contributed by atoms with E-state index in [1.165, 1.54) is 15.6 Å². The van der Waals surface area contributed by atoms with Crippen molar-refractivity contribution in [3.05, 3.63) is 70.0 Å². The molecule has 1 aliphatic rings. The Morgan fingerprint density at radius 2 is 1.89 bits per heavy atom. The molecule has 1 aromatic carbocycles. The molecule has 4 rings (SSSR count). The summed E-state index contributed by atoms with van der Waals surface area (Å²) in [5.41, 5.74) is 1.15. The third-order valence-corrected chi connectivity index (χ3v) is 6.23. The van der Waals surface area contributed by atoms with E-state index < -0.39 is 6.10 Å². The molecule has 3 heterocycles. The molecule has 1 amide bonds. The topological polar surface area (TPSA) is 106 Å². The van der Waals surface area contributed by atoms with E-state index in [2.05, 4.69) is 15.0 Å². The number of aryl methyl sites for hydroxylation is 1. The summed E-state index contributed by atoms with van der Waals surface area (Å²) in [7, 11) is 0. The van der Waals surface area contributed by atoms with Crippen molar-refractivity contribution in [2.75, 3.05) is 37.7 Å². The minimum atomic E-state index is -0.624. The Balaban J connectivity index is 1.31. The largest absolute Gasteiger partial charge is 0.450 e. The molecule has 0 radical (unpaired) electrons. The van der Waals surface area contributed by atoms with Crippen LogP contribution in [0.5, 0.6) is 0 Å². The Morgan fingerprint density at radius 3 is 2.54 bits per heavy atom. The lowest BCUT2D eigenvalue weighted by Crippen LogP contribution is -2.49. The number of carbonyl (C=O) groups is 1. The van der Waals surface area contributed by atoms with Gasteiger partial charge in [-0.3, -0.25) is 0 Å². The molecule has 35 heavy (non-hydrogen) atoms. The van der Waals surface area contributed by atoms with Crippen LogP contribution in [0.25, 0.3) is 5.69 Å². The van der Waals surface area contributed by atoms with E-state index >= 15 is 0 Å². The van der Waals surface area contributed by atoms with Crippen LogP contribution in [0.1, 0.15) is 31.4 Å². The Bertz CT molecular complexity index is 1170. The molecule has 0 aliphatic carbocycles. The van der Waals surface area contributed by atoms with Crippen molar-refractivity contribution < 1.29 is 14.6 Å². The van der Waals surface area contributed by atoms with Gasteiger partial charge in [0.25, 0.3) is 0 Å². The number of amides is 1. The van der Waals surface area contributed by atoms with Gasteiger partial charge in [-0.2, -0.15) is 5.10 Å². The number of piperazine rings is 1. The predicted molar refractivity (Wildman–Crippen MR) is 132 cm³/mol. The Kier molecular flexibility index (Phi) is 8.04. The number of nitrogens with zero attached hydrogens (tertiary/aromatic N) is 6. The summed E-state index contributed by atoms with van der Waals surface area (Å²) in [6, 6.07) is 10.8. The van der Waals surface area contributed by atoms with Crippen molar-refractivity contribution in [2.45, 2.75) is 32.4 Å².